The number of guanidine groups is 1. The highest BCUT2D eigenvalue weighted by Crippen LogP contribution is 2.21. The van der Waals surface area contributed by atoms with Crippen LogP contribution in [0, 0.1) is 0 Å². The van der Waals surface area contributed by atoms with Crippen LogP contribution in [-0.2, 0) is 16.6 Å². The maximum Gasteiger partial charge on any atom is 0.242 e. The third-order valence-corrected chi connectivity index (χ3v) is 7.05. The molecule has 30 heavy (non-hydrogen) atoms. The summed E-state index contributed by atoms with van der Waals surface area (Å²) in [4.78, 5) is 7.33. The maximum absolute atomic E-state index is 12.6. The van der Waals surface area contributed by atoms with Crippen molar-refractivity contribution in [1.29, 1.82) is 0 Å². The van der Waals surface area contributed by atoms with Gasteiger partial charge in [0.1, 0.15) is 0 Å². The van der Waals surface area contributed by atoms with Crippen molar-refractivity contribution in [3.8, 4) is 0 Å². The Hall–Kier alpha value is -2.58. The SMILES string of the molecule is CCNC(=NCc1ccccc1S(=O)(=O)N(C)C)NC1CCN(c2ccccc2)C1. The second-order valence-electron chi connectivity index (χ2n) is 7.50. The van der Waals surface area contributed by atoms with Crippen LogP contribution < -0.4 is 15.5 Å². The van der Waals surface area contributed by atoms with E-state index in [1.807, 2.05) is 25.1 Å². The molecule has 7 nitrogen and oxygen atoms in total. The first-order chi connectivity index (χ1) is 14.4. The Morgan fingerprint density at radius 2 is 1.83 bits per heavy atom. The molecule has 0 radical (unpaired) electrons. The van der Waals surface area contributed by atoms with Crippen LogP contribution >= 0.6 is 0 Å². The van der Waals surface area contributed by atoms with E-state index in [0.717, 1.165) is 26.1 Å². The van der Waals surface area contributed by atoms with Crippen molar-refractivity contribution in [3.63, 3.8) is 0 Å². The molecule has 0 aliphatic carbocycles. The summed E-state index contributed by atoms with van der Waals surface area (Å²) in [6.45, 7) is 4.93. The summed E-state index contributed by atoms with van der Waals surface area (Å²) in [7, 11) is -0.429. The van der Waals surface area contributed by atoms with Crippen molar-refractivity contribution in [1.82, 2.24) is 14.9 Å². The average molecular weight is 430 g/mol. The van der Waals surface area contributed by atoms with Crippen LogP contribution in [0.15, 0.2) is 64.5 Å². The van der Waals surface area contributed by atoms with E-state index < -0.39 is 10.0 Å². The van der Waals surface area contributed by atoms with E-state index >= 15 is 0 Å². The number of hydrogen-bond donors (Lipinski definition) is 2. The molecular weight excluding hydrogens is 398 g/mol. The number of anilines is 1. The van der Waals surface area contributed by atoms with Gasteiger partial charge in [-0.1, -0.05) is 36.4 Å². The molecule has 0 spiro atoms. The van der Waals surface area contributed by atoms with E-state index in [1.165, 1.54) is 9.99 Å². The fourth-order valence-corrected chi connectivity index (χ4v) is 4.62. The lowest BCUT2D eigenvalue weighted by molar-refractivity contribution is 0.519. The lowest BCUT2D eigenvalue weighted by Gasteiger charge is -2.20. The molecule has 1 unspecified atom stereocenters. The molecule has 2 aromatic carbocycles. The summed E-state index contributed by atoms with van der Waals surface area (Å²) in [6.07, 6.45) is 1.02. The number of nitrogens with zero attached hydrogens (tertiary/aromatic N) is 3. The van der Waals surface area contributed by atoms with Gasteiger partial charge >= 0.3 is 0 Å². The van der Waals surface area contributed by atoms with Crippen LogP contribution in [0.25, 0.3) is 0 Å². The lowest BCUT2D eigenvalue weighted by atomic mass is 10.2. The van der Waals surface area contributed by atoms with Crippen molar-refractivity contribution in [2.45, 2.75) is 30.8 Å². The minimum atomic E-state index is -3.51. The van der Waals surface area contributed by atoms with Gasteiger partial charge in [-0.3, -0.25) is 0 Å². The molecule has 0 bridgehead atoms. The zero-order valence-corrected chi connectivity index (χ0v) is 18.7. The Bertz CT molecular complexity index is 961. The summed E-state index contributed by atoms with van der Waals surface area (Å²) in [5.74, 6) is 0.703. The van der Waals surface area contributed by atoms with Gasteiger partial charge in [-0.2, -0.15) is 0 Å². The van der Waals surface area contributed by atoms with E-state index in [1.54, 1.807) is 26.2 Å². The summed E-state index contributed by atoms with van der Waals surface area (Å²) < 4.78 is 26.5. The summed E-state index contributed by atoms with van der Waals surface area (Å²) >= 11 is 0. The molecule has 0 saturated carbocycles. The third-order valence-electron chi connectivity index (χ3n) is 5.13. The fourth-order valence-electron chi connectivity index (χ4n) is 3.51. The molecule has 0 amide bonds. The average Bonchev–Trinajstić information content (AvgIpc) is 3.21. The largest absolute Gasteiger partial charge is 0.369 e. The highest BCUT2D eigenvalue weighted by molar-refractivity contribution is 7.89. The van der Waals surface area contributed by atoms with Gasteiger partial charge in [0, 0.05) is 45.5 Å². The molecule has 1 heterocycles. The predicted octanol–water partition coefficient (Wildman–Crippen LogP) is 2.27. The minimum Gasteiger partial charge on any atom is -0.369 e. The smallest absolute Gasteiger partial charge is 0.242 e. The van der Waals surface area contributed by atoms with Crippen LogP contribution in [0.2, 0.25) is 0 Å². The van der Waals surface area contributed by atoms with Crippen molar-refractivity contribution in [3.05, 3.63) is 60.2 Å². The molecule has 2 aromatic rings. The number of aliphatic imine (C=N–C) groups is 1. The van der Waals surface area contributed by atoms with E-state index in [0.29, 0.717) is 16.4 Å². The fraction of sp³-hybridized carbons (Fsp3) is 0.409. The molecule has 3 rings (SSSR count). The number of nitrogens with one attached hydrogen (secondary N) is 2. The van der Waals surface area contributed by atoms with Crippen molar-refractivity contribution in [2.75, 3.05) is 38.6 Å². The minimum absolute atomic E-state index is 0.281. The molecule has 1 aliphatic heterocycles. The number of sulfonamides is 1. The number of rotatable bonds is 7. The Kier molecular flexibility index (Phi) is 7.33. The van der Waals surface area contributed by atoms with Crippen molar-refractivity contribution >= 4 is 21.7 Å². The van der Waals surface area contributed by atoms with Gasteiger partial charge in [-0.05, 0) is 37.1 Å². The summed E-state index contributed by atoms with van der Waals surface area (Å²) in [5, 5.41) is 6.78. The van der Waals surface area contributed by atoms with Gasteiger partial charge in [-0.25, -0.2) is 17.7 Å². The highest BCUT2D eigenvalue weighted by atomic mass is 32.2. The van der Waals surface area contributed by atoms with Gasteiger partial charge in [0.05, 0.1) is 11.4 Å². The first kappa shape index (κ1) is 22.1. The van der Waals surface area contributed by atoms with Crippen LogP contribution in [0.4, 0.5) is 5.69 Å². The Labute approximate surface area is 179 Å². The number of para-hydroxylation sites is 1. The van der Waals surface area contributed by atoms with Crippen LogP contribution in [0.1, 0.15) is 18.9 Å². The van der Waals surface area contributed by atoms with Crippen LogP contribution in [0.3, 0.4) is 0 Å². The second-order valence-corrected chi connectivity index (χ2v) is 9.62. The zero-order chi connectivity index (χ0) is 21.6. The van der Waals surface area contributed by atoms with Gasteiger partial charge in [0.15, 0.2) is 5.96 Å². The molecule has 1 saturated heterocycles. The Morgan fingerprint density at radius 3 is 2.53 bits per heavy atom. The van der Waals surface area contributed by atoms with Gasteiger partial charge in [0.2, 0.25) is 10.0 Å². The van der Waals surface area contributed by atoms with Crippen molar-refractivity contribution < 1.29 is 8.42 Å². The lowest BCUT2D eigenvalue weighted by Crippen LogP contribution is -2.44. The molecule has 162 valence electrons. The quantitative estimate of drug-likeness (QED) is 0.522. The van der Waals surface area contributed by atoms with E-state index in [2.05, 4.69) is 44.8 Å². The van der Waals surface area contributed by atoms with Gasteiger partial charge in [0.25, 0.3) is 0 Å². The molecule has 1 aliphatic rings. The van der Waals surface area contributed by atoms with E-state index in [-0.39, 0.29) is 12.6 Å². The molecule has 2 N–H and O–H groups in total. The van der Waals surface area contributed by atoms with E-state index in [9.17, 15) is 8.42 Å². The number of benzene rings is 2. The molecule has 0 aromatic heterocycles. The van der Waals surface area contributed by atoms with Crippen LogP contribution in [0.5, 0.6) is 0 Å². The van der Waals surface area contributed by atoms with E-state index in [4.69, 9.17) is 0 Å². The Morgan fingerprint density at radius 1 is 1.13 bits per heavy atom. The Balaban J connectivity index is 1.71. The first-order valence-corrected chi connectivity index (χ1v) is 11.7. The van der Waals surface area contributed by atoms with Gasteiger partial charge < -0.3 is 15.5 Å². The topological polar surface area (TPSA) is 77.0 Å². The van der Waals surface area contributed by atoms with Gasteiger partial charge in [-0.15, -0.1) is 0 Å². The highest BCUT2D eigenvalue weighted by Gasteiger charge is 2.24. The molecule has 1 fully saturated rings. The monoisotopic (exact) mass is 429 g/mol. The zero-order valence-electron chi connectivity index (χ0n) is 17.9. The predicted molar refractivity (Wildman–Crippen MR) is 122 cm³/mol. The summed E-state index contributed by atoms with van der Waals surface area (Å²) in [5.41, 5.74) is 1.91. The molecule has 1 atom stereocenters. The van der Waals surface area contributed by atoms with Crippen LogP contribution in [-0.4, -0.2) is 58.5 Å². The van der Waals surface area contributed by atoms with Crippen molar-refractivity contribution in [2.24, 2.45) is 4.99 Å². The maximum atomic E-state index is 12.6. The first-order valence-electron chi connectivity index (χ1n) is 10.3. The molecular formula is C22H31N5O2S. The normalized spacial score (nSPS) is 17.4. The second kappa shape index (κ2) is 9.95. The third kappa shape index (κ3) is 5.31. The summed E-state index contributed by atoms with van der Waals surface area (Å²) in [6, 6.07) is 17.7. The standard InChI is InChI=1S/C22H31N5O2S/c1-4-23-22(25-19-14-15-27(17-19)20-11-6-5-7-12-20)24-16-18-10-8-9-13-21(18)30(28,29)26(2)3/h5-13,19H,4,14-17H2,1-3H3,(H2,23,24,25). The number of hydrogen-bond acceptors (Lipinski definition) is 4. The molecule has 8 heteroatoms.